The molecule has 0 spiro atoms. The van der Waals surface area contributed by atoms with Gasteiger partial charge in [0.2, 0.25) is 0 Å². The van der Waals surface area contributed by atoms with Crippen LogP contribution in [0.5, 0.6) is 0 Å². The van der Waals surface area contributed by atoms with E-state index in [2.05, 4.69) is 46.5 Å². The van der Waals surface area contributed by atoms with Crippen molar-refractivity contribution in [1.82, 2.24) is 0 Å². The van der Waals surface area contributed by atoms with Crippen LogP contribution in [0.2, 0.25) is 19.6 Å². The Bertz CT molecular complexity index is 853. The lowest BCUT2D eigenvalue weighted by atomic mass is 9.46. The van der Waals surface area contributed by atoms with Crippen molar-refractivity contribution in [2.24, 2.45) is 40.4 Å². The molecule has 0 radical (unpaired) electrons. The van der Waals surface area contributed by atoms with E-state index in [1.165, 1.54) is 31.3 Å². The first-order valence-corrected chi connectivity index (χ1v) is 17.8. The van der Waals surface area contributed by atoms with Crippen LogP contribution in [-0.4, -0.2) is 35.7 Å². The molecule has 0 aromatic rings. The van der Waals surface area contributed by atoms with Gasteiger partial charge < -0.3 is 14.6 Å². The number of allylic oxidation sites excluding steroid dienone is 1. The van der Waals surface area contributed by atoms with Gasteiger partial charge in [0.15, 0.2) is 19.9 Å². The van der Waals surface area contributed by atoms with Crippen LogP contribution in [0.15, 0.2) is 11.6 Å². The third-order valence-corrected chi connectivity index (χ3v) is 11.9. The average molecular weight is 505 g/mol. The van der Waals surface area contributed by atoms with E-state index < -0.39 is 19.7 Å². The standard InChI is InChI=1S/C30H52O4Si/c1-20(9-14-26(31)27(2,3)32)23-12-13-24-22-11-10-21-19-30(33,34-35(6,7)8)18-17-28(21,4)25(22)15-16-29(23,24)5/h10,20,22-25,32-33H,9,11-19H2,1-8H3/t20-,22?,23-,24?,25?,28+,29-,30-/m1/s1. The summed E-state index contributed by atoms with van der Waals surface area (Å²) in [4.78, 5) is 12.3. The molecule has 8 atom stereocenters. The maximum Gasteiger partial charge on any atom is 0.187 e. The van der Waals surface area contributed by atoms with Crippen molar-refractivity contribution < 1.29 is 19.4 Å². The maximum absolute atomic E-state index is 12.3. The summed E-state index contributed by atoms with van der Waals surface area (Å²) in [6.07, 6.45) is 12.7. The smallest absolute Gasteiger partial charge is 0.187 e. The minimum atomic E-state index is -1.82. The van der Waals surface area contributed by atoms with Crippen LogP contribution in [-0.2, 0) is 9.22 Å². The summed E-state index contributed by atoms with van der Waals surface area (Å²) in [5.41, 5.74) is 0.800. The highest BCUT2D eigenvalue weighted by Gasteiger charge is 2.60. The van der Waals surface area contributed by atoms with Gasteiger partial charge in [-0.3, -0.25) is 4.79 Å². The number of Topliss-reactive ketones (excluding diaryl/α,β-unsaturated/α-hetero) is 1. The maximum atomic E-state index is 12.3. The molecule has 3 saturated carbocycles. The number of carbonyl (C=O) groups is 1. The Morgan fingerprint density at radius 2 is 1.83 bits per heavy atom. The first-order chi connectivity index (χ1) is 16.0. The summed E-state index contributed by atoms with van der Waals surface area (Å²) in [7, 11) is -1.82. The number of hydrogen-bond acceptors (Lipinski definition) is 4. The fourth-order valence-corrected chi connectivity index (χ4v) is 10.4. The van der Waals surface area contributed by atoms with Crippen LogP contribution in [0.1, 0.15) is 98.8 Å². The van der Waals surface area contributed by atoms with Gasteiger partial charge in [0.1, 0.15) is 5.60 Å². The molecule has 3 fully saturated rings. The first-order valence-electron chi connectivity index (χ1n) is 14.4. The molecule has 4 aliphatic carbocycles. The number of carbonyl (C=O) groups excluding carboxylic acids is 1. The lowest BCUT2D eigenvalue weighted by Gasteiger charge is -2.59. The van der Waals surface area contributed by atoms with E-state index in [1.54, 1.807) is 13.8 Å². The predicted octanol–water partition coefficient (Wildman–Crippen LogP) is 6.86. The van der Waals surface area contributed by atoms with Gasteiger partial charge in [-0.15, -0.1) is 0 Å². The first kappa shape index (κ1) is 27.5. The molecule has 0 amide bonds. The molecule has 0 aromatic heterocycles. The SMILES string of the molecule is C[C@H](CCC(=O)C(C)(C)O)[C@H]1CCC2C3CC=C4C[C@](O)(O[Si](C)(C)C)CC[C@]4(C)C3CC[C@@]21C. The molecule has 4 aliphatic rings. The minimum absolute atomic E-state index is 0.0269. The Kier molecular flexibility index (Phi) is 7.13. The van der Waals surface area contributed by atoms with Crippen molar-refractivity contribution in [3.05, 3.63) is 11.6 Å². The van der Waals surface area contributed by atoms with Gasteiger partial charge in [-0.05, 0) is 119 Å². The number of ketones is 1. The number of hydrogen-bond donors (Lipinski definition) is 2. The van der Waals surface area contributed by atoms with E-state index >= 15 is 0 Å². The molecule has 4 rings (SSSR count). The number of rotatable bonds is 7. The lowest BCUT2D eigenvalue weighted by Crippen LogP contribution is -2.54. The summed E-state index contributed by atoms with van der Waals surface area (Å²) >= 11 is 0. The van der Waals surface area contributed by atoms with Crippen LogP contribution in [0, 0.1) is 40.4 Å². The van der Waals surface area contributed by atoms with Gasteiger partial charge in [-0.2, -0.15) is 0 Å². The van der Waals surface area contributed by atoms with Crippen molar-refractivity contribution in [1.29, 1.82) is 0 Å². The molecular weight excluding hydrogens is 452 g/mol. The highest BCUT2D eigenvalue weighted by atomic mass is 28.4. The molecule has 0 saturated heterocycles. The molecule has 0 heterocycles. The zero-order valence-corrected chi connectivity index (χ0v) is 24.7. The van der Waals surface area contributed by atoms with E-state index in [-0.39, 0.29) is 11.2 Å². The monoisotopic (exact) mass is 504 g/mol. The number of fused-ring (bicyclic) bond motifs is 5. The Hall–Kier alpha value is -0.493. The topological polar surface area (TPSA) is 66.8 Å². The van der Waals surface area contributed by atoms with Crippen molar-refractivity contribution in [2.75, 3.05) is 0 Å². The van der Waals surface area contributed by atoms with Crippen molar-refractivity contribution in [2.45, 2.75) is 130 Å². The largest absolute Gasteiger partial charge is 0.391 e. The Morgan fingerprint density at radius 1 is 1.14 bits per heavy atom. The number of aliphatic hydroxyl groups is 2. The van der Waals surface area contributed by atoms with Crippen molar-refractivity contribution in [3.63, 3.8) is 0 Å². The fourth-order valence-electron chi connectivity index (χ4n) is 9.12. The molecule has 0 aromatic carbocycles. The van der Waals surface area contributed by atoms with Gasteiger partial charge >= 0.3 is 0 Å². The van der Waals surface area contributed by atoms with Crippen LogP contribution >= 0.6 is 0 Å². The highest BCUT2D eigenvalue weighted by Crippen LogP contribution is 2.67. The molecule has 3 unspecified atom stereocenters. The molecule has 4 nitrogen and oxygen atoms in total. The second-order valence-corrected chi connectivity index (χ2v) is 19.3. The van der Waals surface area contributed by atoms with Crippen LogP contribution in [0.25, 0.3) is 0 Å². The third kappa shape index (κ3) is 5.13. The molecule has 0 bridgehead atoms. The van der Waals surface area contributed by atoms with E-state index in [4.69, 9.17) is 4.43 Å². The highest BCUT2D eigenvalue weighted by molar-refractivity contribution is 6.69. The van der Waals surface area contributed by atoms with E-state index in [1.807, 2.05) is 0 Å². The van der Waals surface area contributed by atoms with E-state index in [0.29, 0.717) is 36.0 Å². The van der Waals surface area contributed by atoms with E-state index in [9.17, 15) is 15.0 Å². The zero-order chi connectivity index (χ0) is 26.0. The van der Waals surface area contributed by atoms with Crippen molar-refractivity contribution >= 4 is 14.1 Å². The van der Waals surface area contributed by atoms with Gasteiger partial charge in [-0.25, -0.2) is 0 Å². The molecule has 5 heteroatoms. The van der Waals surface area contributed by atoms with Gasteiger partial charge in [0, 0.05) is 19.3 Å². The summed E-state index contributed by atoms with van der Waals surface area (Å²) in [5.74, 6) is 2.39. The van der Waals surface area contributed by atoms with Crippen LogP contribution in [0.3, 0.4) is 0 Å². The van der Waals surface area contributed by atoms with Gasteiger partial charge in [-0.1, -0.05) is 32.4 Å². The average Bonchev–Trinajstić information content (AvgIpc) is 3.07. The Balaban J connectivity index is 1.48. The predicted molar refractivity (Wildman–Crippen MR) is 144 cm³/mol. The minimum Gasteiger partial charge on any atom is -0.391 e. The van der Waals surface area contributed by atoms with Gasteiger partial charge in [0.05, 0.1) is 0 Å². The Labute approximate surface area is 215 Å². The second-order valence-electron chi connectivity index (χ2n) is 14.8. The molecule has 35 heavy (non-hydrogen) atoms. The lowest BCUT2D eigenvalue weighted by molar-refractivity contribution is -0.175. The molecule has 200 valence electrons. The van der Waals surface area contributed by atoms with Crippen LogP contribution < -0.4 is 0 Å². The summed E-state index contributed by atoms with van der Waals surface area (Å²) in [6, 6.07) is 0. The molecule has 2 N–H and O–H groups in total. The van der Waals surface area contributed by atoms with Crippen molar-refractivity contribution in [3.8, 4) is 0 Å². The third-order valence-electron chi connectivity index (χ3n) is 10.9. The second kappa shape index (κ2) is 9.06. The zero-order valence-electron chi connectivity index (χ0n) is 23.7. The Morgan fingerprint density at radius 3 is 2.46 bits per heavy atom. The van der Waals surface area contributed by atoms with E-state index in [0.717, 1.165) is 37.5 Å². The fraction of sp³-hybridized carbons (Fsp3) is 0.900. The van der Waals surface area contributed by atoms with Crippen LogP contribution in [0.4, 0.5) is 0 Å². The molecule has 0 aliphatic heterocycles. The molecular formula is C30H52O4Si. The summed E-state index contributed by atoms with van der Waals surface area (Å²) < 4.78 is 6.30. The summed E-state index contributed by atoms with van der Waals surface area (Å²) in [6.45, 7) is 17.1. The van der Waals surface area contributed by atoms with Gasteiger partial charge in [0.25, 0.3) is 0 Å². The quantitative estimate of drug-likeness (QED) is 0.226. The summed E-state index contributed by atoms with van der Waals surface area (Å²) in [5, 5.41) is 21.4. The normalized spacial score (nSPS) is 42.5.